The quantitative estimate of drug-likeness (QED) is 0.657. The second-order valence-electron chi connectivity index (χ2n) is 3.81. The molecule has 0 spiro atoms. The van der Waals surface area contributed by atoms with Gasteiger partial charge in [-0.25, -0.2) is 9.67 Å². The van der Waals surface area contributed by atoms with E-state index in [4.69, 9.17) is 22.7 Å². The average Bonchev–Trinajstić information content (AvgIpc) is 2.57. The van der Waals surface area contributed by atoms with E-state index in [9.17, 15) is 0 Å². The van der Waals surface area contributed by atoms with Crippen LogP contribution < -0.4 is 5.73 Å². The lowest BCUT2D eigenvalue weighted by Gasteiger charge is -2.08. The Kier molecular flexibility index (Phi) is 3.41. The molecule has 5 nitrogen and oxygen atoms in total. The first kappa shape index (κ1) is 13.0. The van der Waals surface area contributed by atoms with Gasteiger partial charge in [0.05, 0.1) is 20.9 Å². The molecule has 7 heteroatoms. The number of nitrogens with two attached hydrogens (primary N) is 1. The number of halogens is 2. The number of nitrogens with zero attached hydrogens (tertiary/aromatic N) is 3. The lowest BCUT2D eigenvalue weighted by atomic mass is 10.2. The van der Waals surface area contributed by atoms with Gasteiger partial charge in [-0.3, -0.25) is 5.41 Å². The van der Waals surface area contributed by atoms with Crippen molar-refractivity contribution in [2.75, 3.05) is 0 Å². The molecule has 0 bridgehead atoms. The van der Waals surface area contributed by atoms with Crippen LogP contribution in [0.2, 0.25) is 5.02 Å². The van der Waals surface area contributed by atoms with Crippen LogP contribution in [-0.2, 0) is 0 Å². The van der Waals surface area contributed by atoms with Gasteiger partial charge >= 0.3 is 0 Å². The summed E-state index contributed by atoms with van der Waals surface area (Å²) in [7, 11) is 0. The van der Waals surface area contributed by atoms with Gasteiger partial charge in [0.25, 0.3) is 0 Å². The number of nitrogen functional groups attached to an aromatic ring is 1. The monoisotopic (exact) mass is 327 g/mol. The minimum Gasteiger partial charge on any atom is -0.384 e. The molecule has 0 aliphatic carbocycles. The summed E-state index contributed by atoms with van der Waals surface area (Å²) in [4.78, 5) is 4.20. The molecule has 0 unspecified atom stereocenters. The molecule has 18 heavy (non-hydrogen) atoms. The Hall–Kier alpha value is -1.40. The van der Waals surface area contributed by atoms with Crippen molar-refractivity contribution in [3.63, 3.8) is 0 Å². The van der Waals surface area contributed by atoms with Crippen molar-refractivity contribution in [2.45, 2.75) is 13.8 Å². The minimum atomic E-state index is -0.0933. The number of pyridine rings is 1. The van der Waals surface area contributed by atoms with Crippen molar-refractivity contribution in [1.82, 2.24) is 14.8 Å². The summed E-state index contributed by atoms with van der Waals surface area (Å²) in [6.07, 6.45) is 1.56. The fourth-order valence-electron chi connectivity index (χ4n) is 1.62. The van der Waals surface area contributed by atoms with Crippen LogP contribution in [0.4, 0.5) is 0 Å². The van der Waals surface area contributed by atoms with Gasteiger partial charge in [0, 0.05) is 11.8 Å². The van der Waals surface area contributed by atoms with Crippen molar-refractivity contribution >= 4 is 33.4 Å². The van der Waals surface area contributed by atoms with E-state index in [0.717, 1.165) is 15.9 Å². The highest BCUT2D eigenvalue weighted by Crippen LogP contribution is 2.27. The Balaban J connectivity index is 2.68. The van der Waals surface area contributed by atoms with Gasteiger partial charge in [-0.05, 0) is 35.8 Å². The van der Waals surface area contributed by atoms with Crippen molar-refractivity contribution in [2.24, 2.45) is 5.73 Å². The van der Waals surface area contributed by atoms with Gasteiger partial charge in [-0.2, -0.15) is 5.10 Å². The summed E-state index contributed by atoms with van der Waals surface area (Å²) >= 11 is 9.66. The van der Waals surface area contributed by atoms with Crippen LogP contribution in [0.1, 0.15) is 17.0 Å². The zero-order chi connectivity index (χ0) is 13.4. The lowest BCUT2D eigenvalue weighted by Crippen LogP contribution is -2.14. The molecule has 0 saturated heterocycles. The van der Waals surface area contributed by atoms with Crippen LogP contribution in [0, 0.1) is 19.3 Å². The minimum absolute atomic E-state index is 0.0933. The van der Waals surface area contributed by atoms with Crippen LogP contribution in [0.3, 0.4) is 0 Å². The molecular weight excluding hydrogens is 318 g/mol. The number of nitrogens with one attached hydrogen (secondary N) is 1. The van der Waals surface area contributed by atoms with Gasteiger partial charge in [-0.15, -0.1) is 0 Å². The predicted octanol–water partition coefficient (Wildman–Crippen LogP) is 2.58. The predicted molar refractivity (Wildman–Crippen MR) is 74.6 cm³/mol. The van der Waals surface area contributed by atoms with Gasteiger partial charge < -0.3 is 5.73 Å². The van der Waals surface area contributed by atoms with Gasteiger partial charge in [0.2, 0.25) is 0 Å². The van der Waals surface area contributed by atoms with Crippen molar-refractivity contribution in [1.29, 1.82) is 5.41 Å². The smallest absolute Gasteiger partial charge is 0.173 e. The third-order valence-electron chi connectivity index (χ3n) is 2.56. The zero-order valence-electron chi connectivity index (χ0n) is 9.83. The van der Waals surface area contributed by atoms with Crippen molar-refractivity contribution < 1.29 is 0 Å². The lowest BCUT2D eigenvalue weighted by molar-refractivity contribution is 0.805. The highest BCUT2D eigenvalue weighted by atomic mass is 79.9. The molecule has 3 N–H and O–H groups in total. The molecule has 2 aromatic heterocycles. The Labute approximate surface area is 118 Å². The SMILES string of the molecule is Cc1nn(-c2nccc(C(=N)N)c2Cl)c(C)c1Br. The molecule has 2 rings (SSSR count). The number of amidine groups is 1. The average molecular weight is 329 g/mol. The van der Waals surface area contributed by atoms with Crippen LogP contribution in [0.15, 0.2) is 16.7 Å². The topological polar surface area (TPSA) is 80.6 Å². The number of rotatable bonds is 2. The van der Waals surface area contributed by atoms with Crippen LogP contribution in [0.25, 0.3) is 5.82 Å². The van der Waals surface area contributed by atoms with E-state index in [1.807, 2.05) is 13.8 Å². The molecule has 94 valence electrons. The Morgan fingerprint density at radius 1 is 1.50 bits per heavy atom. The molecule has 0 aromatic carbocycles. The highest BCUT2D eigenvalue weighted by molar-refractivity contribution is 9.10. The maximum Gasteiger partial charge on any atom is 0.173 e. The fraction of sp³-hybridized carbons (Fsp3) is 0.182. The third kappa shape index (κ3) is 2.02. The maximum atomic E-state index is 7.46. The van der Waals surface area contributed by atoms with E-state index in [2.05, 4.69) is 26.0 Å². The highest BCUT2D eigenvalue weighted by Gasteiger charge is 2.16. The number of aryl methyl sites for hydroxylation is 1. The molecule has 0 radical (unpaired) electrons. The molecule has 0 amide bonds. The van der Waals surface area contributed by atoms with E-state index in [1.165, 1.54) is 0 Å². The summed E-state index contributed by atoms with van der Waals surface area (Å²) in [6.45, 7) is 3.79. The Morgan fingerprint density at radius 3 is 2.67 bits per heavy atom. The molecule has 0 fully saturated rings. The summed E-state index contributed by atoms with van der Waals surface area (Å²) in [6, 6.07) is 1.61. The van der Waals surface area contributed by atoms with Gasteiger partial charge in [-0.1, -0.05) is 11.6 Å². The molecule has 0 atom stereocenters. The first-order chi connectivity index (χ1) is 8.43. The van der Waals surface area contributed by atoms with E-state index >= 15 is 0 Å². The largest absolute Gasteiger partial charge is 0.384 e. The van der Waals surface area contributed by atoms with E-state index in [-0.39, 0.29) is 5.84 Å². The summed E-state index contributed by atoms with van der Waals surface area (Å²) < 4.78 is 2.54. The van der Waals surface area contributed by atoms with E-state index in [0.29, 0.717) is 16.4 Å². The molecule has 0 aliphatic heterocycles. The first-order valence-corrected chi connectivity index (χ1v) is 6.31. The number of hydrogen-bond donors (Lipinski definition) is 2. The molecule has 0 saturated carbocycles. The Bertz CT molecular complexity index is 635. The number of hydrogen-bond acceptors (Lipinski definition) is 3. The Morgan fingerprint density at radius 2 is 2.17 bits per heavy atom. The summed E-state index contributed by atoms with van der Waals surface area (Å²) in [5.74, 6) is 0.375. The van der Waals surface area contributed by atoms with Crippen molar-refractivity contribution in [3.8, 4) is 5.82 Å². The molecular formula is C11H11BrClN5. The van der Waals surface area contributed by atoms with Crippen LogP contribution >= 0.6 is 27.5 Å². The van der Waals surface area contributed by atoms with Crippen molar-refractivity contribution in [3.05, 3.63) is 38.7 Å². The number of aromatic nitrogens is 3. The zero-order valence-corrected chi connectivity index (χ0v) is 12.2. The molecule has 0 aliphatic rings. The maximum absolute atomic E-state index is 7.46. The normalized spacial score (nSPS) is 10.7. The second kappa shape index (κ2) is 4.70. The summed E-state index contributed by atoms with van der Waals surface area (Å²) in [5.41, 5.74) is 7.65. The second-order valence-corrected chi connectivity index (χ2v) is 4.98. The van der Waals surface area contributed by atoms with E-state index in [1.54, 1.807) is 16.9 Å². The fourth-order valence-corrected chi connectivity index (χ4v) is 2.16. The van der Waals surface area contributed by atoms with Crippen LogP contribution in [0.5, 0.6) is 0 Å². The van der Waals surface area contributed by atoms with Gasteiger partial charge in [0.1, 0.15) is 5.84 Å². The standard InChI is InChI=1S/C11H11BrClN5/c1-5-8(12)6(2)18(17-5)11-9(13)7(10(14)15)3-4-16-11/h3-4H,1-2H3,(H3,14,15). The molecule has 2 aromatic rings. The first-order valence-electron chi connectivity index (χ1n) is 5.14. The summed E-state index contributed by atoms with van der Waals surface area (Å²) in [5, 5.41) is 12.1. The molecule has 2 heterocycles. The van der Waals surface area contributed by atoms with Gasteiger partial charge in [0.15, 0.2) is 5.82 Å². The third-order valence-corrected chi connectivity index (χ3v) is 4.08. The van der Waals surface area contributed by atoms with E-state index < -0.39 is 0 Å². The van der Waals surface area contributed by atoms with Crippen LogP contribution in [-0.4, -0.2) is 20.6 Å².